The van der Waals surface area contributed by atoms with Gasteiger partial charge in [-0.3, -0.25) is 4.79 Å². The summed E-state index contributed by atoms with van der Waals surface area (Å²) in [6.45, 7) is 3.11. The number of ether oxygens (including phenoxy) is 2. The molecule has 0 unspecified atom stereocenters. The number of carbonyl (C=O) groups excluding carboxylic acids is 1. The topological polar surface area (TPSA) is 59.0 Å². The van der Waals surface area contributed by atoms with Gasteiger partial charge in [-0.05, 0) is 0 Å². The second-order valence-electron chi connectivity index (χ2n) is 2.29. The molecule has 80 valence electrons. The first-order valence-corrected chi connectivity index (χ1v) is 3.99. The molecule has 1 aliphatic rings. The molecule has 0 aromatic heterocycles. The fraction of sp³-hybridized carbons (Fsp3) is 0.875. The van der Waals surface area contributed by atoms with Gasteiger partial charge >= 0.3 is 0 Å². The van der Waals surface area contributed by atoms with Crippen molar-refractivity contribution in [2.75, 3.05) is 47.6 Å². The molecule has 0 aliphatic carbocycles. The van der Waals surface area contributed by atoms with Gasteiger partial charge in [-0.1, -0.05) is 0 Å². The maximum absolute atomic E-state index is 9.43. The minimum Gasteiger partial charge on any atom is -0.400 e. The fourth-order valence-corrected chi connectivity index (χ4v) is 0.440. The smallest absolute Gasteiger partial charge is 0.209 e. The Labute approximate surface area is 79.2 Å². The van der Waals surface area contributed by atoms with Crippen molar-refractivity contribution in [3.05, 3.63) is 0 Å². The standard InChI is InChI=1S/C4H8O2.C3H7NO.CH4O/c1-2-6-4-3-5-1;1-4(2)3-5;1-2/h1-4H2;3H,1-2H3;2H,1H3. The first-order chi connectivity index (χ1) is 6.27. The second-order valence-corrected chi connectivity index (χ2v) is 2.29. The van der Waals surface area contributed by atoms with Crippen LogP contribution >= 0.6 is 0 Å². The fourth-order valence-electron chi connectivity index (χ4n) is 0.440. The third kappa shape index (κ3) is 18.4. The normalized spacial score (nSPS) is 14.2. The van der Waals surface area contributed by atoms with E-state index in [1.165, 1.54) is 4.90 Å². The lowest BCUT2D eigenvalue weighted by molar-refractivity contribution is -0.115. The molecule has 1 heterocycles. The Hall–Kier alpha value is -0.650. The highest BCUT2D eigenvalue weighted by molar-refractivity contribution is 5.45. The average Bonchev–Trinajstić information content (AvgIpc) is 2.24. The van der Waals surface area contributed by atoms with Crippen LogP contribution in [-0.2, 0) is 14.3 Å². The summed E-state index contributed by atoms with van der Waals surface area (Å²) >= 11 is 0. The monoisotopic (exact) mass is 193 g/mol. The van der Waals surface area contributed by atoms with Crippen LogP contribution in [0.4, 0.5) is 0 Å². The van der Waals surface area contributed by atoms with Gasteiger partial charge in [-0.15, -0.1) is 0 Å². The quantitative estimate of drug-likeness (QED) is 0.562. The van der Waals surface area contributed by atoms with E-state index >= 15 is 0 Å². The molecule has 1 N–H and O–H groups in total. The molecule has 1 aliphatic heterocycles. The average molecular weight is 193 g/mol. The molecule has 0 saturated carbocycles. The molecule has 5 nitrogen and oxygen atoms in total. The molecule has 5 heteroatoms. The Morgan fingerprint density at radius 3 is 1.38 bits per heavy atom. The molecule has 0 bridgehead atoms. The maximum atomic E-state index is 9.43. The van der Waals surface area contributed by atoms with Gasteiger partial charge < -0.3 is 19.5 Å². The summed E-state index contributed by atoms with van der Waals surface area (Å²) in [4.78, 5) is 10.9. The third-order valence-corrected chi connectivity index (χ3v) is 0.955. The Bertz CT molecular complexity index is 82.6. The highest BCUT2D eigenvalue weighted by atomic mass is 16.6. The van der Waals surface area contributed by atoms with Crippen molar-refractivity contribution in [1.82, 2.24) is 4.90 Å². The number of amides is 1. The van der Waals surface area contributed by atoms with E-state index in [1.54, 1.807) is 14.1 Å². The van der Waals surface area contributed by atoms with E-state index in [9.17, 15) is 4.79 Å². The van der Waals surface area contributed by atoms with Gasteiger partial charge in [0.25, 0.3) is 0 Å². The third-order valence-electron chi connectivity index (χ3n) is 0.955. The highest BCUT2D eigenvalue weighted by Crippen LogP contribution is 1.85. The lowest BCUT2D eigenvalue weighted by Gasteiger charge is -2.09. The van der Waals surface area contributed by atoms with E-state index in [0.29, 0.717) is 0 Å². The summed E-state index contributed by atoms with van der Waals surface area (Å²) < 4.78 is 9.89. The lowest BCUT2D eigenvalue weighted by Crippen LogP contribution is -2.16. The SMILES string of the molecule is C1COCCO1.CN(C)C=O.CO. The van der Waals surface area contributed by atoms with E-state index in [-0.39, 0.29) is 0 Å². The highest BCUT2D eigenvalue weighted by Gasteiger charge is 1.94. The molecule has 13 heavy (non-hydrogen) atoms. The summed E-state index contributed by atoms with van der Waals surface area (Å²) in [5.74, 6) is 0. The van der Waals surface area contributed by atoms with Crippen LogP contribution in [0.2, 0.25) is 0 Å². The lowest BCUT2D eigenvalue weighted by atomic mass is 10.6. The minimum absolute atomic E-state index is 0.750. The zero-order chi connectivity index (χ0) is 10.5. The van der Waals surface area contributed by atoms with Crippen LogP contribution in [0, 0.1) is 0 Å². The Kier molecular flexibility index (Phi) is 15.9. The Morgan fingerprint density at radius 2 is 1.31 bits per heavy atom. The van der Waals surface area contributed by atoms with Gasteiger partial charge in [0.1, 0.15) is 0 Å². The van der Waals surface area contributed by atoms with Crippen molar-refractivity contribution in [1.29, 1.82) is 0 Å². The molecule has 1 saturated heterocycles. The van der Waals surface area contributed by atoms with Crippen molar-refractivity contribution >= 4 is 6.41 Å². The van der Waals surface area contributed by atoms with Crippen LogP contribution in [0.15, 0.2) is 0 Å². The van der Waals surface area contributed by atoms with E-state index in [1.807, 2.05) is 0 Å². The van der Waals surface area contributed by atoms with Crippen molar-refractivity contribution < 1.29 is 19.4 Å². The molecule has 0 aromatic carbocycles. The van der Waals surface area contributed by atoms with Gasteiger partial charge in [-0.25, -0.2) is 0 Å². The van der Waals surface area contributed by atoms with Crippen LogP contribution in [0.1, 0.15) is 0 Å². The van der Waals surface area contributed by atoms with Crippen molar-refractivity contribution in [3.8, 4) is 0 Å². The van der Waals surface area contributed by atoms with Crippen LogP contribution in [0.5, 0.6) is 0 Å². The van der Waals surface area contributed by atoms with Crippen LogP contribution in [0.25, 0.3) is 0 Å². The van der Waals surface area contributed by atoms with Crippen LogP contribution in [-0.4, -0.2) is 64.0 Å². The van der Waals surface area contributed by atoms with E-state index in [4.69, 9.17) is 14.6 Å². The molecule has 1 amide bonds. The van der Waals surface area contributed by atoms with E-state index in [2.05, 4.69) is 0 Å². The largest absolute Gasteiger partial charge is 0.400 e. The van der Waals surface area contributed by atoms with Gasteiger partial charge in [0.05, 0.1) is 26.4 Å². The predicted molar refractivity (Wildman–Crippen MR) is 49.5 cm³/mol. The molecule has 0 radical (unpaired) electrons. The van der Waals surface area contributed by atoms with E-state index < -0.39 is 0 Å². The number of carbonyl (C=O) groups is 1. The zero-order valence-corrected chi connectivity index (χ0v) is 8.52. The van der Waals surface area contributed by atoms with Gasteiger partial charge in [0.15, 0.2) is 0 Å². The van der Waals surface area contributed by atoms with Crippen LogP contribution < -0.4 is 0 Å². The van der Waals surface area contributed by atoms with Crippen LogP contribution in [0.3, 0.4) is 0 Å². The maximum Gasteiger partial charge on any atom is 0.209 e. The van der Waals surface area contributed by atoms with Crippen molar-refractivity contribution in [3.63, 3.8) is 0 Å². The summed E-state index contributed by atoms with van der Waals surface area (Å²) in [6, 6.07) is 0. The number of nitrogens with zero attached hydrogens (tertiary/aromatic N) is 1. The Balaban J connectivity index is 0. The van der Waals surface area contributed by atoms with Gasteiger partial charge in [0, 0.05) is 21.2 Å². The molecule has 0 aromatic rings. The Morgan fingerprint density at radius 1 is 1.08 bits per heavy atom. The number of aliphatic hydroxyl groups excluding tert-OH is 1. The van der Waals surface area contributed by atoms with E-state index in [0.717, 1.165) is 39.9 Å². The number of hydrogen-bond donors (Lipinski definition) is 1. The van der Waals surface area contributed by atoms with Crippen molar-refractivity contribution in [2.45, 2.75) is 0 Å². The summed E-state index contributed by atoms with van der Waals surface area (Å²) in [5.41, 5.74) is 0. The minimum atomic E-state index is 0.750. The summed E-state index contributed by atoms with van der Waals surface area (Å²) in [7, 11) is 4.38. The molecule has 1 fully saturated rings. The zero-order valence-electron chi connectivity index (χ0n) is 8.52. The molecular weight excluding hydrogens is 174 g/mol. The number of rotatable bonds is 1. The van der Waals surface area contributed by atoms with Gasteiger partial charge in [0.2, 0.25) is 6.41 Å². The molecular formula is C8H19NO4. The second kappa shape index (κ2) is 13.9. The molecule has 0 atom stereocenters. The summed E-state index contributed by atoms with van der Waals surface area (Å²) in [6.07, 6.45) is 0.750. The van der Waals surface area contributed by atoms with Crippen molar-refractivity contribution in [2.24, 2.45) is 0 Å². The molecule has 0 spiro atoms. The number of hydrogen-bond acceptors (Lipinski definition) is 4. The first kappa shape index (κ1) is 14.9. The first-order valence-electron chi connectivity index (χ1n) is 3.99. The summed E-state index contributed by atoms with van der Waals surface area (Å²) in [5, 5.41) is 7.00. The van der Waals surface area contributed by atoms with Gasteiger partial charge in [-0.2, -0.15) is 0 Å². The number of aliphatic hydroxyl groups is 1. The molecule has 1 rings (SSSR count). The predicted octanol–water partition coefficient (Wildman–Crippen LogP) is -0.654.